The van der Waals surface area contributed by atoms with Crippen molar-refractivity contribution in [3.8, 4) is 0 Å². The average Bonchev–Trinajstić information content (AvgIpc) is 2.58. The molecule has 8 N–H and O–H groups in total. The standard InChI is InChI=1S/C16H29N5O6/c1-5-7(2)12(18)15(25)19-8(3)13(23)21-10(6-11(17)22)14(24)20-9(4)16(26)27/h7-10,12H,5-6,18H2,1-4H3,(H2,17,22)(H,19,25)(H,20,24)(H,21,23)(H,26,27). The van der Waals surface area contributed by atoms with Crippen molar-refractivity contribution in [3.05, 3.63) is 0 Å². The largest absolute Gasteiger partial charge is 0.480 e. The Hall–Kier alpha value is -2.69. The second-order valence-electron chi connectivity index (χ2n) is 6.44. The highest BCUT2D eigenvalue weighted by Gasteiger charge is 2.29. The quantitative estimate of drug-likeness (QED) is 0.232. The van der Waals surface area contributed by atoms with Crippen LogP contribution in [0.15, 0.2) is 0 Å². The van der Waals surface area contributed by atoms with Gasteiger partial charge in [-0.15, -0.1) is 0 Å². The lowest BCUT2D eigenvalue weighted by Gasteiger charge is -2.23. The van der Waals surface area contributed by atoms with Crippen LogP contribution in [0.2, 0.25) is 0 Å². The van der Waals surface area contributed by atoms with E-state index in [1.807, 2.05) is 6.92 Å². The third-order valence-corrected chi connectivity index (χ3v) is 4.08. The summed E-state index contributed by atoms with van der Waals surface area (Å²) in [5.74, 6) is -4.40. The predicted octanol–water partition coefficient (Wildman–Crippen LogP) is -2.19. The summed E-state index contributed by atoms with van der Waals surface area (Å²) in [5.41, 5.74) is 10.9. The molecular weight excluding hydrogens is 358 g/mol. The minimum absolute atomic E-state index is 0.0915. The molecule has 0 aliphatic carbocycles. The number of carboxylic acids is 1. The Kier molecular flexibility index (Phi) is 10.0. The van der Waals surface area contributed by atoms with Gasteiger partial charge in [0.05, 0.1) is 12.5 Å². The van der Waals surface area contributed by atoms with Crippen molar-refractivity contribution in [2.75, 3.05) is 0 Å². The molecule has 0 rings (SSSR count). The normalized spacial score (nSPS) is 16.2. The number of nitrogens with two attached hydrogens (primary N) is 2. The molecule has 0 saturated heterocycles. The highest BCUT2D eigenvalue weighted by molar-refractivity contribution is 5.95. The second kappa shape index (κ2) is 11.1. The molecule has 5 atom stereocenters. The van der Waals surface area contributed by atoms with Crippen LogP contribution in [0.25, 0.3) is 0 Å². The van der Waals surface area contributed by atoms with Crippen molar-refractivity contribution >= 4 is 29.6 Å². The predicted molar refractivity (Wildman–Crippen MR) is 96.0 cm³/mol. The Balaban J connectivity index is 4.97. The monoisotopic (exact) mass is 387 g/mol. The maximum atomic E-state index is 12.2. The van der Waals surface area contributed by atoms with Crippen LogP contribution in [0.3, 0.4) is 0 Å². The van der Waals surface area contributed by atoms with E-state index in [-0.39, 0.29) is 5.92 Å². The fourth-order valence-corrected chi connectivity index (χ4v) is 1.97. The highest BCUT2D eigenvalue weighted by atomic mass is 16.4. The van der Waals surface area contributed by atoms with Crippen molar-refractivity contribution in [2.24, 2.45) is 17.4 Å². The first-order valence-electron chi connectivity index (χ1n) is 8.58. The van der Waals surface area contributed by atoms with Crippen molar-refractivity contribution in [2.45, 2.75) is 64.7 Å². The van der Waals surface area contributed by atoms with Gasteiger partial charge >= 0.3 is 5.97 Å². The van der Waals surface area contributed by atoms with E-state index in [1.54, 1.807) is 6.92 Å². The number of aliphatic carboxylic acids is 1. The number of carbonyl (C=O) groups is 5. The molecule has 0 aliphatic heterocycles. The van der Waals surface area contributed by atoms with Gasteiger partial charge in [0.25, 0.3) is 0 Å². The molecule has 0 heterocycles. The van der Waals surface area contributed by atoms with Crippen molar-refractivity contribution in [1.82, 2.24) is 16.0 Å². The van der Waals surface area contributed by atoms with E-state index in [2.05, 4.69) is 16.0 Å². The van der Waals surface area contributed by atoms with Crippen molar-refractivity contribution < 1.29 is 29.1 Å². The number of carbonyl (C=O) groups excluding carboxylic acids is 4. The molecule has 0 fully saturated rings. The van der Waals surface area contributed by atoms with Crippen LogP contribution in [0.5, 0.6) is 0 Å². The van der Waals surface area contributed by atoms with Gasteiger partial charge in [0.15, 0.2) is 0 Å². The lowest BCUT2D eigenvalue weighted by molar-refractivity contribution is -0.142. The molecule has 5 unspecified atom stereocenters. The smallest absolute Gasteiger partial charge is 0.325 e. The van der Waals surface area contributed by atoms with Gasteiger partial charge in [-0.3, -0.25) is 24.0 Å². The summed E-state index contributed by atoms with van der Waals surface area (Å²) in [6.45, 7) is 6.28. The van der Waals surface area contributed by atoms with Gasteiger partial charge in [0, 0.05) is 0 Å². The van der Waals surface area contributed by atoms with E-state index in [0.29, 0.717) is 6.42 Å². The SMILES string of the molecule is CCC(C)C(N)C(=O)NC(C)C(=O)NC(CC(N)=O)C(=O)NC(C)C(=O)O. The molecule has 0 aromatic heterocycles. The summed E-state index contributed by atoms with van der Waals surface area (Å²) >= 11 is 0. The maximum Gasteiger partial charge on any atom is 0.325 e. The molecule has 154 valence electrons. The molecular formula is C16H29N5O6. The van der Waals surface area contributed by atoms with Gasteiger partial charge in [-0.2, -0.15) is 0 Å². The Morgan fingerprint density at radius 2 is 1.41 bits per heavy atom. The zero-order valence-corrected chi connectivity index (χ0v) is 15.9. The Labute approximate surface area is 157 Å². The first-order chi connectivity index (χ1) is 12.4. The number of hydrogen-bond acceptors (Lipinski definition) is 6. The molecule has 0 radical (unpaired) electrons. The van der Waals surface area contributed by atoms with Crippen molar-refractivity contribution in [3.63, 3.8) is 0 Å². The highest BCUT2D eigenvalue weighted by Crippen LogP contribution is 2.05. The third-order valence-electron chi connectivity index (χ3n) is 4.08. The minimum atomic E-state index is -1.38. The fourth-order valence-electron chi connectivity index (χ4n) is 1.97. The van der Waals surface area contributed by atoms with E-state index in [4.69, 9.17) is 16.6 Å². The van der Waals surface area contributed by atoms with Gasteiger partial charge in [-0.05, 0) is 19.8 Å². The number of amides is 4. The molecule has 0 aromatic carbocycles. The zero-order valence-electron chi connectivity index (χ0n) is 15.9. The van der Waals surface area contributed by atoms with Crippen LogP contribution in [0.4, 0.5) is 0 Å². The number of rotatable bonds is 11. The van der Waals surface area contributed by atoms with Gasteiger partial charge in [0.2, 0.25) is 23.6 Å². The first-order valence-corrected chi connectivity index (χ1v) is 8.58. The summed E-state index contributed by atoms with van der Waals surface area (Å²) in [7, 11) is 0. The number of hydrogen-bond donors (Lipinski definition) is 6. The van der Waals surface area contributed by atoms with Gasteiger partial charge in [0.1, 0.15) is 18.1 Å². The Morgan fingerprint density at radius 3 is 1.85 bits per heavy atom. The second-order valence-corrected chi connectivity index (χ2v) is 6.44. The van der Waals surface area contributed by atoms with E-state index < -0.39 is 60.2 Å². The van der Waals surface area contributed by atoms with E-state index in [0.717, 1.165) is 0 Å². The van der Waals surface area contributed by atoms with Crippen LogP contribution in [0.1, 0.15) is 40.5 Å². The molecule has 0 saturated carbocycles. The van der Waals surface area contributed by atoms with Crippen LogP contribution >= 0.6 is 0 Å². The van der Waals surface area contributed by atoms with Crippen LogP contribution in [-0.2, 0) is 24.0 Å². The summed E-state index contributed by atoms with van der Waals surface area (Å²) in [4.78, 5) is 58.4. The number of nitrogens with one attached hydrogen (secondary N) is 3. The van der Waals surface area contributed by atoms with Crippen molar-refractivity contribution in [1.29, 1.82) is 0 Å². The Bertz CT molecular complexity index is 582. The van der Waals surface area contributed by atoms with E-state index >= 15 is 0 Å². The molecule has 27 heavy (non-hydrogen) atoms. The number of primary amides is 1. The molecule has 0 aromatic rings. The first kappa shape index (κ1) is 24.3. The zero-order chi connectivity index (χ0) is 21.3. The molecule has 0 aliphatic rings. The summed E-state index contributed by atoms with van der Waals surface area (Å²) in [6.07, 6.45) is 0.148. The van der Waals surface area contributed by atoms with Crippen LogP contribution < -0.4 is 27.4 Å². The molecule has 0 spiro atoms. The fraction of sp³-hybridized carbons (Fsp3) is 0.688. The average molecular weight is 387 g/mol. The summed E-state index contributed by atoms with van der Waals surface area (Å²) in [6, 6.07) is -4.44. The molecule has 0 bridgehead atoms. The lowest BCUT2D eigenvalue weighted by Crippen LogP contribution is -2.57. The van der Waals surface area contributed by atoms with Gasteiger partial charge in [-0.25, -0.2) is 0 Å². The van der Waals surface area contributed by atoms with E-state index in [1.165, 1.54) is 13.8 Å². The molecule has 11 heteroatoms. The van der Waals surface area contributed by atoms with Crippen LogP contribution in [-0.4, -0.2) is 58.9 Å². The Morgan fingerprint density at radius 1 is 0.889 bits per heavy atom. The summed E-state index contributed by atoms with van der Waals surface area (Å²) < 4.78 is 0. The lowest BCUT2D eigenvalue weighted by atomic mass is 9.99. The van der Waals surface area contributed by atoms with Gasteiger partial charge in [-0.1, -0.05) is 20.3 Å². The van der Waals surface area contributed by atoms with Crippen LogP contribution in [0, 0.1) is 5.92 Å². The van der Waals surface area contributed by atoms with Gasteiger partial charge < -0.3 is 32.5 Å². The third kappa shape index (κ3) is 8.49. The maximum absolute atomic E-state index is 12.2. The topological polar surface area (TPSA) is 194 Å². The number of carboxylic acid groups (broad SMARTS) is 1. The minimum Gasteiger partial charge on any atom is -0.480 e. The molecule has 4 amide bonds. The summed E-state index contributed by atoms with van der Waals surface area (Å²) in [5, 5.41) is 15.7. The molecule has 11 nitrogen and oxygen atoms in total. The van der Waals surface area contributed by atoms with E-state index in [9.17, 15) is 24.0 Å².